The van der Waals surface area contributed by atoms with Gasteiger partial charge in [-0.25, -0.2) is 0 Å². The molecule has 0 spiro atoms. The summed E-state index contributed by atoms with van der Waals surface area (Å²) >= 11 is 0. The number of aryl methyl sites for hydroxylation is 2. The molecule has 1 rings (SSSR count). The fourth-order valence-electron chi connectivity index (χ4n) is 2.34. The lowest BCUT2D eigenvalue weighted by molar-refractivity contribution is -0.143. The van der Waals surface area contributed by atoms with Crippen molar-refractivity contribution in [2.75, 3.05) is 7.05 Å². The van der Waals surface area contributed by atoms with E-state index in [4.69, 9.17) is 0 Å². The number of nitrogens with zero attached hydrogens (tertiary/aromatic N) is 1. The van der Waals surface area contributed by atoms with E-state index < -0.39 is 12.0 Å². The Hall–Kier alpha value is -1.35. The summed E-state index contributed by atoms with van der Waals surface area (Å²) in [5.41, 5.74) is 3.62. The number of benzene rings is 1. The highest BCUT2D eigenvalue weighted by atomic mass is 16.4. The Kier molecular flexibility index (Phi) is 4.91. The predicted molar refractivity (Wildman–Crippen MR) is 73.8 cm³/mol. The molecule has 0 radical (unpaired) electrons. The van der Waals surface area contributed by atoms with Crippen LogP contribution in [0.25, 0.3) is 0 Å². The molecule has 0 amide bonds. The molecule has 1 aromatic carbocycles. The maximum absolute atomic E-state index is 11.2. The average Bonchev–Trinajstić information content (AvgIpc) is 2.31. The molecule has 0 aromatic heterocycles. The van der Waals surface area contributed by atoms with Crippen LogP contribution in [0.4, 0.5) is 0 Å². The van der Waals surface area contributed by atoms with E-state index in [0.29, 0.717) is 6.42 Å². The van der Waals surface area contributed by atoms with Gasteiger partial charge < -0.3 is 5.11 Å². The van der Waals surface area contributed by atoms with Crippen molar-refractivity contribution in [1.29, 1.82) is 0 Å². The summed E-state index contributed by atoms with van der Waals surface area (Å²) in [5.74, 6) is -0.753. The van der Waals surface area contributed by atoms with Gasteiger partial charge in [0.05, 0.1) is 0 Å². The van der Waals surface area contributed by atoms with Gasteiger partial charge in [-0.3, -0.25) is 9.69 Å². The Balaban J connectivity index is 3.02. The number of carbonyl (C=O) groups is 1. The third kappa shape index (κ3) is 3.10. The molecule has 0 aliphatic rings. The van der Waals surface area contributed by atoms with E-state index >= 15 is 0 Å². The molecule has 0 aliphatic carbocycles. The van der Waals surface area contributed by atoms with E-state index in [9.17, 15) is 9.90 Å². The first kappa shape index (κ1) is 14.7. The number of carboxylic acid groups (broad SMARTS) is 1. The smallest absolute Gasteiger partial charge is 0.320 e. The van der Waals surface area contributed by atoms with E-state index in [-0.39, 0.29) is 6.04 Å². The predicted octanol–water partition coefficient (Wildman–Crippen LogP) is 3.16. The number of aliphatic carboxylic acids is 1. The normalized spacial score (nSPS) is 14.6. The zero-order valence-corrected chi connectivity index (χ0v) is 11.9. The second-order valence-electron chi connectivity index (χ2n) is 4.96. The molecule has 0 heterocycles. The lowest BCUT2D eigenvalue weighted by Gasteiger charge is -2.31. The quantitative estimate of drug-likeness (QED) is 0.871. The van der Waals surface area contributed by atoms with Gasteiger partial charge >= 0.3 is 5.97 Å². The third-order valence-electron chi connectivity index (χ3n) is 3.66. The topological polar surface area (TPSA) is 40.5 Å². The van der Waals surface area contributed by atoms with Gasteiger partial charge in [-0.2, -0.15) is 0 Å². The maximum atomic E-state index is 11.2. The van der Waals surface area contributed by atoms with Gasteiger partial charge in [-0.15, -0.1) is 0 Å². The SMILES string of the molecule is CCC(C(=O)O)N(C)C(C)c1cc(C)ccc1C. The fourth-order valence-corrected chi connectivity index (χ4v) is 2.34. The van der Waals surface area contributed by atoms with Crippen molar-refractivity contribution >= 4 is 5.97 Å². The van der Waals surface area contributed by atoms with Crippen LogP contribution in [0.2, 0.25) is 0 Å². The van der Waals surface area contributed by atoms with E-state index in [1.165, 1.54) is 16.7 Å². The Labute approximate surface area is 109 Å². The summed E-state index contributed by atoms with van der Waals surface area (Å²) in [6, 6.07) is 5.99. The van der Waals surface area contributed by atoms with Crippen LogP contribution in [0.5, 0.6) is 0 Å². The van der Waals surface area contributed by atoms with Gasteiger partial charge in [0, 0.05) is 6.04 Å². The number of rotatable bonds is 5. The van der Waals surface area contributed by atoms with E-state index in [0.717, 1.165) is 0 Å². The molecule has 18 heavy (non-hydrogen) atoms. The van der Waals surface area contributed by atoms with Crippen LogP contribution in [-0.2, 0) is 4.79 Å². The van der Waals surface area contributed by atoms with Crippen molar-refractivity contribution in [1.82, 2.24) is 4.90 Å². The molecule has 0 aliphatic heterocycles. The van der Waals surface area contributed by atoms with E-state index in [1.807, 2.05) is 18.9 Å². The molecule has 0 bridgehead atoms. The second-order valence-corrected chi connectivity index (χ2v) is 4.96. The van der Waals surface area contributed by atoms with Crippen LogP contribution in [0.3, 0.4) is 0 Å². The van der Waals surface area contributed by atoms with Crippen LogP contribution in [0.15, 0.2) is 18.2 Å². The minimum atomic E-state index is -0.753. The van der Waals surface area contributed by atoms with E-state index in [1.54, 1.807) is 0 Å². The summed E-state index contributed by atoms with van der Waals surface area (Å²) in [6.45, 7) is 8.10. The van der Waals surface area contributed by atoms with Gasteiger partial charge in [0.1, 0.15) is 6.04 Å². The first-order chi connectivity index (χ1) is 8.38. The summed E-state index contributed by atoms with van der Waals surface area (Å²) in [6.07, 6.45) is 0.612. The van der Waals surface area contributed by atoms with Crippen molar-refractivity contribution in [2.24, 2.45) is 0 Å². The molecular weight excluding hydrogens is 226 g/mol. The van der Waals surface area contributed by atoms with Gasteiger partial charge in [0.25, 0.3) is 0 Å². The lowest BCUT2D eigenvalue weighted by Crippen LogP contribution is -2.39. The summed E-state index contributed by atoms with van der Waals surface area (Å²) in [5, 5.41) is 9.22. The fraction of sp³-hybridized carbons (Fsp3) is 0.533. The van der Waals surface area contributed by atoms with Gasteiger partial charge in [0.2, 0.25) is 0 Å². The summed E-state index contributed by atoms with van der Waals surface area (Å²) in [4.78, 5) is 13.2. The Morgan fingerprint density at radius 1 is 1.39 bits per heavy atom. The number of hydrogen-bond donors (Lipinski definition) is 1. The number of likely N-dealkylation sites (N-methyl/N-ethyl adjacent to an activating group) is 1. The third-order valence-corrected chi connectivity index (χ3v) is 3.66. The van der Waals surface area contributed by atoms with Crippen LogP contribution in [-0.4, -0.2) is 29.1 Å². The van der Waals surface area contributed by atoms with Crippen molar-refractivity contribution in [3.63, 3.8) is 0 Å². The van der Waals surface area contributed by atoms with E-state index in [2.05, 4.69) is 39.0 Å². The number of hydrogen-bond acceptors (Lipinski definition) is 2. The van der Waals surface area contributed by atoms with Gasteiger partial charge in [-0.1, -0.05) is 30.7 Å². The zero-order chi connectivity index (χ0) is 13.9. The maximum Gasteiger partial charge on any atom is 0.320 e. The second kappa shape index (κ2) is 6.01. The monoisotopic (exact) mass is 249 g/mol. The van der Waals surface area contributed by atoms with Gasteiger partial charge in [-0.05, 0) is 45.4 Å². The Morgan fingerprint density at radius 3 is 2.50 bits per heavy atom. The highest BCUT2D eigenvalue weighted by Gasteiger charge is 2.25. The van der Waals surface area contributed by atoms with Crippen LogP contribution in [0, 0.1) is 13.8 Å². The molecular formula is C15H23NO2. The minimum absolute atomic E-state index is 0.103. The van der Waals surface area contributed by atoms with Crippen molar-refractivity contribution < 1.29 is 9.90 Å². The highest BCUT2D eigenvalue weighted by Crippen LogP contribution is 2.25. The molecule has 3 heteroatoms. The molecule has 1 aromatic rings. The molecule has 0 saturated carbocycles. The Bertz CT molecular complexity index is 429. The largest absolute Gasteiger partial charge is 0.480 e. The van der Waals surface area contributed by atoms with Crippen molar-refractivity contribution in [2.45, 2.75) is 46.2 Å². The molecule has 2 atom stereocenters. The molecule has 100 valence electrons. The van der Waals surface area contributed by atoms with Crippen LogP contribution < -0.4 is 0 Å². The van der Waals surface area contributed by atoms with Crippen molar-refractivity contribution in [3.05, 3.63) is 34.9 Å². The van der Waals surface area contributed by atoms with Crippen LogP contribution in [0.1, 0.15) is 43.0 Å². The lowest BCUT2D eigenvalue weighted by atomic mass is 9.98. The number of carboxylic acids is 1. The first-order valence-electron chi connectivity index (χ1n) is 6.40. The summed E-state index contributed by atoms with van der Waals surface area (Å²) < 4.78 is 0. The summed E-state index contributed by atoms with van der Waals surface area (Å²) in [7, 11) is 1.88. The Morgan fingerprint density at radius 2 is 2.00 bits per heavy atom. The molecule has 0 saturated heterocycles. The van der Waals surface area contributed by atoms with Crippen LogP contribution >= 0.6 is 0 Å². The standard InChI is InChI=1S/C15H23NO2/c1-6-14(15(17)18)16(5)12(4)13-9-10(2)7-8-11(13)3/h7-9,12,14H,6H2,1-5H3,(H,17,18). The highest BCUT2D eigenvalue weighted by molar-refractivity contribution is 5.73. The molecule has 0 fully saturated rings. The van der Waals surface area contributed by atoms with Gasteiger partial charge in [0.15, 0.2) is 0 Å². The molecule has 2 unspecified atom stereocenters. The molecule has 1 N–H and O–H groups in total. The minimum Gasteiger partial charge on any atom is -0.480 e. The first-order valence-corrected chi connectivity index (χ1v) is 6.40. The zero-order valence-electron chi connectivity index (χ0n) is 11.9. The van der Waals surface area contributed by atoms with Crippen molar-refractivity contribution in [3.8, 4) is 0 Å². The molecule has 3 nitrogen and oxygen atoms in total. The average molecular weight is 249 g/mol.